The van der Waals surface area contributed by atoms with E-state index in [1.807, 2.05) is 36.4 Å². The zero-order valence-electron chi connectivity index (χ0n) is 19.5. The summed E-state index contributed by atoms with van der Waals surface area (Å²) in [5.41, 5.74) is 3.72. The molecule has 1 fully saturated rings. The fourth-order valence-corrected chi connectivity index (χ4v) is 4.29. The first kappa shape index (κ1) is 22.5. The van der Waals surface area contributed by atoms with Crippen LogP contribution < -0.4 is 9.64 Å². The van der Waals surface area contributed by atoms with Gasteiger partial charge in [-0.1, -0.05) is 6.07 Å². The standard InChI is InChI=1S/C26H25N5O4/c1-29(2)24(32)16-30-15-18-3-6-19(13-21(18)25(30)33)31-12-9-23(26(31)34)35-20-7-4-17(5-8-20)22-14-27-10-11-28-22/h3-8,10-11,13-14,23H,9,12,15-16H2,1-2H3. The Morgan fingerprint density at radius 3 is 2.63 bits per heavy atom. The van der Waals surface area contributed by atoms with Crippen molar-refractivity contribution in [3.05, 3.63) is 72.2 Å². The Labute approximate surface area is 203 Å². The van der Waals surface area contributed by atoms with E-state index < -0.39 is 6.10 Å². The van der Waals surface area contributed by atoms with Crippen LogP contribution in [0.2, 0.25) is 0 Å². The van der Waals surface area contributed by atoms with Gasteiger partial charge in [-0.25, -0.2) is 0 Å². The van der Waals surface area contributed by atoms with Crippen LogP contribution in [0.4, 0.5) is 5.69 Å². The van der Waals surface area contributed by atoms with Crippen LogP contribution >= 0.6 is 0 Å². The van der Waals surface area contributed by atoms with Gasteiger partial charge in [-0.3, -0.25) is 24.4 Å². The highest BCUT2D eigenvalue weighted by Gasteiger charge is 2.36. The van der Waals surface area contributed by atoms with E-state index in [2.05, 4.69) is 9.97 Å². The summed E-state index contributed by atoms with van der Waals surface area (Å²) in [6.45, 7) is 0.916. The Morgan fingerprint density at radius 2 is 1.91 bits per heavy atom. The van der Waals surface area contributed by atoms with Crippen LogP contribution in [0, 0.1) is 0 Å². The van der Waals surface area contributed by atoms with Crippen LogP contribution in [0.1, 0.15) is 22.3 Å². The van der Waals surface area contributed by atoms with Crippen molar-refractivity contribution in [2.24, 2.45) is 0 Å². The fraction of sp³-hybridized carbons (Fsp3) is 0.269. The van der Waals surface area contributed by atoms with E-state index in [1.54, 1.807) is 43.7 Å². The van der Waals surface area contributed by atoms with Gasteiger partial charge in [0.15, 0.2) is 6.10 Å². The summed E-state index contributed by atoms with van der Waals surface area (Å²) in [5, 5.41) is 0. The number of aromatic nitrogens is 2. The molecule has 2 aliphatic rings. The molecule has 1 unspecified atom stereocenters. The Hall–Kier alpha value is -4.27. The molecule has 1 aromatic heterocycles. The summed E-state index contributed by atoms with van der Waals surface area (Å²) in [5.74, 6) is 0.127. The molecule has 2 aromatic carbocycles. The van der Waals surface area contributed by atoms with Gasteiger partial charge in [-0.2, -0.15) is 0 Å². The summed E-state index contributed by atoms with van der Waals surface area (Å²) in [6, 6.07) is 12.8. The zero-order chi connectivity index (χ0) is 24.5. The second-order valence-corrected chi connectivity index (χ2v) is 8.79. The number of anilines is 1. The summed E-state index contributed by atoms with van der Waals surface area (Å²) in [4.78, 5) is 51.0. The van der Waals surface area contributed by atoms with Crippen LogP contribution in [0.5, 0.6) is 5.75 Å². The Morgan fingerprint density at radius 1 is 1.11 bits per heavy atom. The molecule has 0 N–H and O–H groups in total. The third kappa shape index (κ3) is 4.44. The third-order valence-corrected chi connectivity index (χ3v) is 6.26. The molecule has 9 nitrogen and oxygen atoms in total. The number of likely N-dealkylation sites (N-methyl/N-ethyl adjacent to an activating group) is 1. The van der Waals surface area contributed by atoms with E-state index in [4.69, 9.17) is 4.74 Å². The number of ether oxygens (including phenoxy) is 1. The minimum Gasteiger partial charge on any atom is -0.481 e. The fourth-order valence-electron chi connectivity index (χ4n) is 4.29. The Balaban J connectivity index is 1.26. The van der Waals surface area contributed by atoms with Crippen LogP contribution in [-0.2, 0) is 16.1 Å². The summed E-state index contributed by atoms with van der Waals surface area (Å²) >= 11 is 0. The lowest BCUT2D eigenvalue weighted by Gasteiger charge is -2.18. The normalized spacial score (nSPS) is 17.0. The van der Waals surface area contributed by atoms with Gasteiger partial charge in [0.2, 0.25) is 5.91 Å². The molecule has 35 heavy (non-hydrogen) atoms. The number of fused-ring (bicyclic) bond motifs is 1. The van der Waals surface area contributed by atoms with Crippen molar-refractivity contribution >= 4 is 23.4 Å². The second kappa shape index (κ2) is 9.17. The van der Waals surface area contributed by atoms with E-state index in [0.29, 0.717) is 36.5 Å². The van der Waals surface area contributed by atoms with Gasteiger partial charge in [0, 0.05) is 62.8 Å². The predicted octanol–water partition coefficient (Wildman–Crippen LogP) is 2.37. The molecule has 1 atom stereocenters. The van der Waals surface area contributed by atoms with E-state index in [1.165, 1.54) is 9.80 Å². The molecule has 0 bridgehead atoms. The maximum Gasteiger partial charge on any atom is 0.268 e. The topological polar surface area (TPSA) is 95.9 Å². The van der Waals surface area contributed by atoms with E-state index >= 15 is 0 Å². The van der Waals surface area contributed by atoms with Crippen LogP contribution in [0.25, 0.3) is 11.3 Å². The summed E-state index contributed by atoms with van der Waals surface area (Å²) in [6.07, 6.45) is 4.89. The second-order valence-electron chi connectivity index (χ2n) is 8.79. The largest absolute Gasteiger partial charge is 0.481 e. The average Bonchev–Trinajstić information content (AvgIpc) is 3.39. The Kier molecular flexibility index (Phi) is 5.90. The van der Waals surface area contributed by atoms with Gasteiger partial charge >= 0.3 is 0 Å². The molecule has 0 saturated carbocycles. The molecule has 2 aliphatic heterocycles. The number of nitrogens with zero attached hydrogens (tertiary/aromatic N) is 5. The summed E-state index contributed by atoms with van der Waals surface area (Å²) in [7, 11) is 3.33. The average molecular weight is 472 g/mol. The van der Waals surface area contributed by atoms with Crippen molar-refractivity contribution in [1.29, 1.82) is 0 Å². The van der Waals surface area contributed by atoms with Crippen molar-refractivity contribution in [1.82, 2.24) is 19.8 Å². The van der Waals surface area contributed by atoms with Crippen molar-refractivity contribution in [2.75, 3.05) is 32.1 Å². The summed E-state index contributed by atoms with van der Waals surface area (Å²) < 4.78 is 5.98. The van der Waals surface area contributed by atoms with Crippen molar-refractivity contribution in [2.45, 2.75) is 19.1 Å². The minimum absolute atomic E-state index is 0.0318. The van der Waals surface area contributed by atoms with E-state index in [-0.39, 0.29) is 24.3 Å². The lowest BCUT2D eigenvalue weighted by atomic mass is 10.1. The van der Waals surface area contributed by atoms with Gasteiger partial charge in [-0.05, 0) is 42.0 Å². The van der Waals surface area contributed by atoms with Gasteiger partial charge in [0.05, 0.1) is 11.9 Å². The number of amides is 3. The minimum atomic E-state index is -0.601. The first-order valence-electron chi connectivity index (χ1n) is 11.4. The van der Waals surface area contributed by atoms with Crippen LogP contribution in [0.15, 0.2) is 61.1 Å². The molecule has 3 heterocycles. The van der Waals surface area contributed by atoms with Crippen molar-refractivity contribution in [3.63, 3.8) is 0 Å². The molecule has 3 amide bonds. The predicted molar refractivity (Wildman–Crippen MR) is 129 cm³/mol. The molecule has 178 valence electrons. The number of carbonyl (C=O) groups is 3. The van der Waals surface area contributed by atoms with Crippen LogP contribution in [0.3, 0.4) is 0 Å². The third-order valence-electron chi connectivity index (χ3n) is 6.26. The van der Waals surface area contributed by atoms with Crippen molar-refractivity contribution < 1.29 is 19.1 Å². The molecule has 3 aromatic rings. The monoisotopic (exact) mass is 471 g/mol. The maximum absolute atomic E-state index is 13.1. The molecule has 9 heteroatoms. The zero-order valence-corrected chi connectivity index (χ0v) is 19.5. The molecular formula is C26H25N5O4. The highest BCUT2D eigenvalue weighted by atomic mass is 16.5. The van der Waals surface area contributed by atoms with Gasteiger partial charge in [0.1, 0.15) is 12.3 Å². The molecule has 0 radical (unpaired) electrons. The highest BCUT2D eigenvalue weighted by Crippen LogP contribution is 2.31. The van der Waals surface area contributed by atoms with Gasteiger partial charge in [-0.15, -0.1) is 0 Å². The molecule has 0 spiro atoms. The lowest BCUT2D eigenvalue weighted by molar-refractivity contribution is -0.129. The smallest absolute Gasteiger partial charge is 0.268 e. The van der Waals surface area contributed by atoms with Gasteiger partial charge in [0.25, 0.3) is 11.8 Å². The number of hydrogen-bond acceptors (Lipinski definition) is 6. The Bertz CT molecular complexity index is 1280. The van der Waals surface area contributed by atoms with Crippen LogP contribution in [-0.4, -0.2) is 70.8 Å². The maximum atomic E-state index is 13.1. The van der Waals surface area contributed by atoms with Crippen molar-refractivity contribution in [3.8, 4) is 17.0 Å². The molecular weight excluding hydrogens is 446 g/mol. The SMILES string of the molecule is CN(C)C(=O)CN1Cc2ccc(N3CCC(Oc4ccc(-c5cnccn5)cc4)C3=O)cc2C1=O. The van der Waals surface area contributed by atoms with E-state index in [0.717, 1.165) is 16.8 Å². The highest BCUT2D eigenvalue weighted by molar-refractivity contribution is 6.03. The first-order chi connectivity index (χ1) is 16.9. The molecule has 1 saturated heterocycles. The number of carbonyl (C=O) groups excluding carboxylic acids is 3. The first-order valence-corrected chi connectivity index (χ1v) is 11.4. The lowest BCUT2D eigenvalue weighted by Crippen LogP contribution is -2.36. The molecule has 5 rings (SSSR count). The number of hydrogen-bond donors (Lipinski definition) is 0. The number of benzene rings is 2. The quantitative estimate of drug-likeness (QED) is 0.548. The molecule has 0 aliphatic carbocycles. The van der Waals surface area contributed by atoms with E-state index in [9.17, 15) is 14.4 Å². The van der Waals surface area contributed by atoms with Gasteiger partial charge < -0.3 is 19.4 Å². The number of rotatable bonds is 6.